The molecular weight excluding hydrogens is 330 g/mol. The maximum Gasteiger partial charge on any atom is 0.311 e. The van der Waals surface area contributed by atoms with Gasteiger partial charge in [-0.2, -0.15) is 0 Å². The zero-order chi connectivity index (χ0) is 18.5. The first-order valence-electron chi connectivity index (χ1n) is 8.66. The van der Waals surface area contributed by atoms with Crippen molar-refractivity contribution >= 4 is 11.9 Å². The molecule has 5 heteroatoms. The van der Waals surface area contributed by atoms with Gasteiger partial charge in [-0.3, -0.25) is 9.59 Å². The first-order valence-corrected chi connectivity index (χ1v) is 8.66. The SMILES string of the molecule is COC(=O)[C@@H]1CN(Cc2ccccc2)C(=O)C[C@@H]1c1ccc(OC)cc1. The molecule has 1 aliphatic rings. The van der Waals surface area contributed by atoms with Crippen LogP contribution in [-0.2, 0) is 20.9 Å². The molecule has 1 aliphatic heterocycles. The molecule has 0 saturated carbocycles. The number of esters is 1. The van der Waals surface area contributed by atoms with Crippen molar-refractivity contribution in [2.24, 2.45) is 5.92 Å². The van der Waals surface area contributed by atoms with E-state index in [1.165, 1.54) is 7.11 Å². The van der Waals surface area contributed by atoms with E-state index in [9.17, 15) is 9.59 Å². The van der Waals surface area contributed by atoms with Crippen molar-refractivity contribution in [1.29, 1.82) is 0 Å². The van der Waals surface area contributed by atoms with Crippen LogP contribution in [0.1, 0.15) is 23.5 Å². The quantitative estimate of drug-likeness (QED) is 0.776. The van der Waals surface area contributed by atoms with Gasteiger partial charge in [-0.1, -0.05) is 42.5 Å². The molecule has 1 saturated heterocycles. The van der Waals surface area contributed by atoms with Crippen LogP contribution < -0.4 is 4.74 Å². The van der Waals surface area contributed by atoms with E-state index in [0.717, 1.165) is 16.9 Å². The Bertz CT molecular complexity index is 757. The van der Waals surface area contributed by atoms with E-state index < -0.39 is 0 Å². The number of carbonyl (C=O) groups excluding carboxylic acids is 2. The predicted molar refractivity (Wildman–Crippen MR) is 97.7 cm³/mol. The molecule has 26 heavy (non-hydrogen) atoms. The fourth-order valence-electron chi connectivity index (χ4n) is 3.47. The topological polar surface area (TPSA) is 55.8 Å². The highest BCUT2D eigenvalue weighted by molar-refractivity contribution is 5.83. The van der Waals surface area contributed by atoms with Crippen LogP contribution in [0.25, 0.3) is 0 Å². The Morgan fingerprint density at radius 3 is 2.38 bits per heavy atom. The first kappa shape index (κ1) is 18.0. The van der Waals surface area contributed by atoms with Gasteiger partial charge in [0.25, 0.3) is 0 Å². The van der Waals surface area contributed by atoms with E-state index in [4.69, 9.17) is 9.47 Å². The van der Waals surface area contributed by atoms with Crippen LogP contribution in [0.2, 0.25) is 0 Å². The fraction of sp³-hybridized carbons (Fsp3) is 0.333. The van der Waals surface area contributed by atoms with Crippen molar-refractivity contribution in [3.63, 3.8) is 0 Å². The van der Waals surface area contributed by atoms with E-state index in [-0.39, 0.29) is 23.7 Å². The standard InChI is InChI=1S/C21H23NO4/c1-25-17-10-8-16(9-11-17)18-12-20(23)22(14-19(18)21(24)26-2)13-15-6-4-3-5-7-15/h3-11,18-19H,12-14H2,1-2H3/t18-,19-/m1/s1. The van der Waals surface area contributed by atoms with Gasteiger partial charge in [-0.15, -0.1) is 0 Å². The maximum absolute atomic E-state index is 12.7. The van der Waals surface area contributed by atoms with Gasteiger partial charge in [-0.25, -0.2) is 0 Å². The lowest BCUT2D eigenvalue weighted by atomic mass is 9.80. The molecule has 0 aliphatic carbocycles. The number of piperidine rings is 1. The highest BCUT2D eigenvalue weighted by atomic mass is 16.5. The average Bonchev–Trinajstić information content (AvgIpc) is 2.69. The molecule has 0 spiro atoms. The Morgan fingerprint density at radius 1 is 1.08 bits per heavy atom. The van der Waals surface area contributed by atoms with Crippen LogP contribution in [0.15, 0.2) is 54.6 Å². The van der Waals surface area contributed by atoms with Gasteiger partial charge in [0.1, 0.15) is 5.75 Å². The number of hydrogen-bond donors (Lipinski definition) is 0. The molecular formula is C21H23NO4. The third-order valence-corrected chi connectivity index (χ3v) is 4.91. The molecule has 5 nitrogen and oxygen atoms in total. The van der Waals surface area contributed by atoms with E-state index >= 15 is 0 Å². The number of benzene rings is 2. The summed E-state index contributed by atoms with van der Waals surface area (Å²) in [5.41, 5.74) is 2.00. The van der Waals surface area contributed by atoms with Gasteiger partial charge in [-0.05, 0) is 23.3 Å². The van der Waals surface area contributed by atoms with Gasteiger partial charge in [0.2, 0.25) is 5.91 Å². The van der Waals surface area contributed by atoms with Gasteiger partial charge >= 0.3 is 5.97 Å². The summed E-state index contributed by atoms with van der Waals surface area (Å²) >= 11 is 0. The zero-order valence-corrected chi connectivity index (χ0v) is 15.1. The molecule has 2 aromatic rings. The number of rotatable bonds is 5. The van der Waals surface area contributed by atoms with Crippen LogP contribution in [-0.4, -0.2) is 37.5 Å². The summed E-state index contributed by atoms with van der Waals surface area (Å²) in [6, 6.07) is 17.3. The molecule has 1 amide bonds. The van der Waals surface area contributed by atoms with E-state index in [2.05, 4.69) is 0 Å². The number of methoxy groups -OCH3 is 2. The summed E-state index contributed by atoms with van der Waals surface area (Å²) in [6.45, 7) is 0.861. The highest BCUT2D eigenvalue weighted by Gasteiger charge is 2.39. The number of hydrogen-bond acceptors (Lipinski definition) is 4. The van der Waals surface area contributed by atoms with Gasteiger partial charge in [0, 0.05) is 25.4 Å². The Kier molecular flexibility index (Phi) is 5.56. The highest BCUT2D eigenvalue weighted by Crippen LogP contribution is 2.35. The zero-order valence-electron chi connectivity index (χ0n) is 15.1. The Balaban J connectivity index is 1.82. The summed E-state index contributed by atoms with van der Waals surface area (Å²) < 4.78 is 10.2. The number of carbonyl (C=O) groups is 2. The average molecular weight is 353 g/mol. The van der Waals surface area contributed by atoms with E-state index in [0.29, 0.717) is 19.5 Å². The molecule has 2 aromatic carbocycles. The second kappa shape index (κ2) is 8.04. The van der Waals surface area contributed by atoms with Crippen LogP contribution >= 0.6 is 0 Å². The summed E-state index contributed by atoms with van der Waals surface area (Å²) in [5.74, 6) is -0.0508. The number of likely N-dealkylation sites (tertiary alicyclic amines) is 1. The monoisotopic (exact) mass is 353 g/mol. The van der Waals surface area contributed by atoms with Crippen molar-refractivity contribution in [3.05, 3.63) is 65.7 Å². The molecule has 0 aromatic heterocycles. The Labute approximate surface area is 153 Å². The first-order chi connectivity index (χ1) is 12.6. The summed E-state index contributed by atoms with van der Waals surface area (Å²) in [7, 11) is 3.00. The lowest BCUT2D eigenvalue weighted by molar-refractivity contribution is -0.151. The molecule has 2 atom stereocenters. The fourth-order valence-corrected chi connectivity index (χ4v) is 3.47. The third kappa shape index (κ3) is 3.87. The van der Waals surface area contributed by atoms with Gasteiger partial charge in [0.15, 0.2) is 0 Å². The van der Waals surface area contributed by atoms with Crippen molar-refractivity contribution in [3.8, 4) is 5.75 Å². The lowest BCUT2D eigenvalue weighted by Crippen LogP contribution is -2.46. The minimum absolute atomic E-state index is 0.0508. The third-order valence-electron chi connectivity index (χ3n) is 4.91. The summed E-state index contributed by atoms with van der Waals surface area (Å²) in [5, 5.41) is 0. The van der Waals surface area contributed by atoms with Crippen LogP contribution in [0, 0.1) is 5.92 Å². The minimum atomic E-state index is -0.380. The number of nitrogens with zero attached hydrogens (tertiary/aromatic N) is 1. The molecule has 1 fully saturated rings. The second-order valence-electron chi connectivity index (χ2n) is 6.47. The molecule has 3 rings (SSSR count). The minimum Gasteiger partial charge on any atom is -0.497 e. The van der Waals surface area contributed by atoms with Gasteiger partial charge in [0.05, 0.1) is 20.1 Å². The smallest absolute Gasteiger partial charge is 0.311 e. The molecule has 0 unspecified atom stereocenters. The normalized spacial score (nSPS) is 19.9. The van der Waals surface area contributed by atoms with E-state index in [1.54, 1.807) is 12.0 Å². The van der Waals surface area contributed by atoms with Crippen molar-refractivity contribution in [2.45, 2.75) is 18.9 Å². The Hall–Kier alpha value is -2.82. The number of amides is 1. The Morgan fingerprint density at radius 2 is 1.77 bits per heavy atom. The summed E-state index contributed by atoms with van der Waals surface area (Å²) in [6.07, 6.45) is 0.291. The largest absolute Gasteiger partial charge is 0.497 e. The van der Waals surface area contributed by atoms with Crippen LogP contribution in [0.4, 0.5) is 0 Å². The molecule has 136 valence electrons. The molecule has 0 N–H and O–H groups in total. The second-order valence-corrected chi connectivity index (χ2v) is 6.47. The lowest BCUT2D eigenvalue weighted by Gasteiger charge is -2.37. The van der Waals surface area contributed by atoms with E-state index in [1.807, 2.05) is 54.6 Å². The van der Waals surface area contributed by atoms with Crippen molar-refractivity contribution in [2.75, 3.05) is 20.8 Å². The summed E-state index contributed by atoms with van der Waals surface area (Å²) in [4.78, 5) is 26.9. The predicted octanol–water partition coefficient (Wildman–Crippen LogP) is 3.00. The maximum atomic E-state index is 12.7. The van der Waals surface area contributed by atoms with Crippen LogP contribution in [0.3, 0.4) is 0 Å². The van der Waals surface area contributed by atoms with Crippen molar-refractivity contribution in [1.82, 2.24) is 4.90 Å². The van der Waals surface area contributed by atoms with Crippen molar-refractivity contribution < 1.29 is 19.1 Å². The van der Waals surface area contributed by atoms with Crippen LogP contribution in [0.5, 0.6) is 5.75 Å². The molecule has 0 radical (unpaired) electrons. The molecule has 0 bridgehead atoms. The van der Waals surface area contributed by atoms with Gasteiger partial charge < -0.3 is 14.4 Å². The number of ether oxygens (including phenoxy) is 2. The molecule has 1 heterocycles.